The van der Waals surface area contributed by atoms with E-state index >= 15 is 0 Å². The van der Waals surface area contributed by atoms with Gasteiger partial charge in [-0.2, -0.15) is 0 Å². The number of nitrogens with one attached hydrogen (secondary N) is 3. The molecule has 1 aromatic carbocycles. The molecule has 3 rings (SSSR count). The van der Waals surface area contributed by atoms with Crippen molar-refractivity contribution in [3.63, 3.8) is 0 Å². The summed E-state index contributed by atoms with van der Waals surface area (Å²) >= 11 is 0. The Bertz CT molecular complexity index is 1260. The number of carbonyl (C=O) groups excluding carboxylic acids is 4. The van der Waals surface area contributed by atoms with Gasteiger partial charge in [0.1, 0.15) is 18.1 Å². The maximum Gasteiger partial charge on any atom is 0.326 e. The molecule has 0 spiro atoms. The number of aliphatic carboxylic acids is 2. The minimum Gasteiger partial charge on any atom is -0.481 e. The average molecular weight is 545 g/mol. The molecule has 0 radical (unpaired) electrons. The van der Waals surface area contributed by atoms with Crippen LogP contribution in [-0.2, 0) is 35.2 Å². The zero-order valence-corrected chi connectivity index (χ0v) is 21.1. The summed E-state index contributed by atoms with van der Waals surface area (Å²) < 4.78 is 0. The van der Waals surface area contributed by atoms with Gasteiger partial charge in [-0.05, 0) is 37.3 Å². The van der Waals surface area contributed by atoms with Crippen molar-refractivity contribution in [2.24, 2.45) is 11.5 Å². The highest BCUT2D eigenvalue weighted by atomic mass is 16.4. The molecule has 14 nitrogen and oxygen atoms in total. The first-order valence-corrected chi connectivity index (χ1v) is 12.4. The molecule has 0 aliphatic carbocycles. The zero-order chi connectivity index (χ0) is 28.7. The average Bonchev–Trinajstić information content (AvgIpc) is 3.53. The van der Waals surface area contributed by atoms with Gasteiger partial charge in [0.15, 0.2) is 0 Å². The van der Waals surface area contributed by atoms with Crippen molar-refractivity contribution >= 4 is 46.5 Å². The number of carboxylic acids is 2. The summed E-state index contributed by atoms with van der Waals surface area (Å²) in [6.07, 6.45) is 1.20. The third kappa shape index (κ3) is 7.54. The highest BCUT2D eigenvalue weighted by Gasteiger charge is 2.39. The van der Waals surface area contributed by atoms with Gasteiger partial charge in [0.05, 0.1) is 12.5 Å². The van der Waals surface area contributed by atoms with Gasteiger partial charge in [-0.25, -0.2) is 4.79 Å². The summed E-state index contributed by atoms with van der Waals surface area (Å²) in [5.74, 6) is -5.77. The summed E-state index contributed by atoms with van der Waals surface area (Å²) in [6, 6.07) is 2.35. The number of rotatable bonds is 13. The first kappa shape index (κ1) is 29.1. The molecule has 4 atom stereocenters. The minimum absolute atomic E-state index is 0.101. The maximum atomic E-state index is 13.3. The van der Waals surface area contributed by atoms with E-state index in [1.807, 2.05) is 24.3 Å². The molecule has 39 heavy (non-hydrogen) atoms. The number of hydrogen-bond acceptors (Lipinski definition) is 7. The lowest BCUT2D eigenvalue weighted by Crippen LogP contribution is -2.57. The van der Waals surface area contributed by atoms with Crippen LogP contribution in [0.4, 0.5) is 0 Å². The van der Waals surface area contributed by atoms with Gasteiger partial charge < -0.3 is 42.2 Å². The molecule has 210 valence electrons. The van der Waals surface area contributed by atoms with Crippen LogP contribution in [0.25, 0.3) is 10.9 Å². The minimum atomic E-state index is -1.50. The largest absolute Gasteiger partial charge is 0.481 e. The molecule has 0 saturated carbocycles. The van der Waals surface area contributed by atoms with Gasteiger partial charge >= 0.3 is 11.9 Å². The number of amides is 4. The number of aromatic nitrogens is 1. The molecule has 9 N–H and O–H groups in total. The molecule has 1 aromatic heterocycles. The Kier molecular flexibility index (Phi) is 9.60. The number of benzene rings is 1. The maximum absolute atomic E-state index is 13.3. The number of nitrogens with two attached hydrogens (primary N) is 2. The third-order valence-corrected chi connectivity index (χ3v) is 6.58. The van der Waals surface area contributed by atoms with Gasteiger partial charge in [-0.3, -0.25) is 24.0 Å². The predicted octanol–water partition coefficient (Wildman–Crippen LogP) is -1.18. The topological polar surface area (TPSA) is 238 Å². The van der Waals surface area contributed by atoms with Crippen molar-refractivity contribution in [2.45, 2.75) is 62.7 Å². The van der Waals surface area contributed by atoms with E-state index in [-0.39, 0.29) is 32.2 Å². The molecule has 1 fully saturated rings. The first-order valence-electron chi connectivity index (χ1n) is 12.4. The van der Waals surface area contributed by atoms with E-state index in [0.717, 1.165) is 21.4 Å². The lowest BCUT2D eigenvalue weighted by Gasteiger charge is -2.29. The smallest absolute Gasteiger partial charge is 0.326 e. The second-order valence-electron chi connectivity index (χ2n) is 9.42. The fourth-order valence-electron chi connectivity index (χ4n) is 4.60. The summed E-state index contributed by atoms with van der Waals surface area (Å²) in [4.78, 5) is 77.3. The Morgan fingerprint density at radius 3 is 2.46 bits per heavy atom. The van der Waals surface area contributed by atoms with Gasteiger partial charge in [-0.15, -0.1) is 0 Å². The van der Waals surface area contributed by atoms with Crippen LogP contribution < -0.4 is 22.1 Å². The number of fused-ring (bicyclic) bond motifs is 1. The van der Waals surface area contributed by atoms with Crippen molar-refractivity contribution in [3.8, 4) is 0 Å². The number of hydrogen-bond donors (Lipinski definition) is 7. The molecule has 1 aliphatic heterocycles. The molecule has 2 heterocycles. The quantitative estimate of drug-likeness (QED) is 0.160. The van der Waals surface area contributed by atoms with Crippen LogP contribution in [0.3, 0.4) is 0 Å². The number of nitrogens with zero attached hydrogens (tertiary/aromatic N) is 1. The molecule has 14 heteroatoms. The molecule has 1 saturated heterocycles. The summed E-state index contributed by atoms with van der Waals surface area (Å²) in [6.45, 7) is 0.101. The van der Waals surface area contributed by atoms with E-state index in [4.69, 9.17) is 11.5 Å². The monoisotopic (exact) mass is 544 g/mol. The molecule has 1 aliphatic rings. The van der Waals surface area contributed by atoms with Crippen LogP contribution in [0.2, 0.25) is 0 Å². The number of carboxylic acid groups (broad SMARTS) is 2. The molecule has 4 unspecified atom stereocenters. The predicted molar refractivity (Wildman–Crippen MR) is 137 cm³/mol. The van der Waals surface area contributed by atoms with E-state index in [9.17, 15) is 39.0 Å². The van der Waals surface area contributed by atoms with Crippen LogP contribution >= 0.6 is 0 Å². The van der Waals surface area contributed by atoms with Crippen molar-refractivity contribution < 1.29 is 39.0 Å². The van der Waals surface area contributed by atoms with Gasteiger partial charge in [0.25, 0.3) is 0 Å². The van der Waals surface area contributed by atoms with Crippen LogP contribution in [0, 0.1) is 0 Å². The van der Waals surface area contributed by atoms with Crippen LogP contribution in [0.1, 0.15) is 37.7 Å². The summed E-state index contributed by atoms with van der Waals surface area (Å²) in [7, 11) is 0. The van der Waals surface area contributed by atoms with Crippen molar-refractivity contribution in [2.75, 3.05) is 6.54 Å². The fraction of sp³-hybridized carbons (Fsp3) is 0.440. The van der Waals surface area contributed by atoms with E-state index in [0.29, 0.717) is 6.42 Å². The number of primary amides is 1. The highest BCUT2D eigenvalue weighted by molar-refractivity contribution is 5.96. The Morgan fingerprint density at radius 2 is 1.79 bits per heavy atom. The van der Waals surface area contributed by atoms with Gasteiger partial charge in [0.2, 0.25) is 23.6 Å². The number of carbonyl (C=O) groups is 6. The summed E-state index contributed by atoms with van der Waals surface area (Å²) in [5, 5.41) is 24.3. The second-order valence-corrected chi connectivity index (χ2v) is 9.42. The van der Waals surface area contributed by atoms with Crippen LogP contribution in [0.5, 0.6) is 0 Å². The Labute approximate surface area is 223 Å². The van der Waals surface area contributed by atoms with Crippen molar-refractivity contribution in [1.29, 1.82) is 0 Å². The zero-order valence-electron chi connectivity index (χ0n) is 21.1. The lowest BCUT2D eigenvalue weighted by atomic mass is 10.0. The Balaban J connectivity index is 1.69. The van der Waals surface area contributed by atoms with E-state index in [1.165, 1.54) is 0 Å². The molecule has 2 aromatic rings. The van der Waals surface area contributed by atoms with Crippen molar-refractivity contribution in [1.82, 2.24) is 20.5 Å². The third-order valence-electron chi connectivity index (χ3n) is 6.58. The standard InChI is InChI=1S/C25H32N6O8/c26-15(10-13-12-28-16-5-2-1-4-14(13)16)22(35)30-18(11-21(33)34)24(37)31-9-3-6-19(31)23(36)29-17(25(38)39)7-8-20(27)32/h1-2,4-5,12,15,17-19,28H,3,6-11,26H2,(H2,27,32)(H,29,36)(H,30,35)(H,33,34)(H,38,39). The normalized spacial score (nSPS) is 17.3. The van der Waals surface area contributed by atoms with Gasteiger partial charge in [0, 0.05) is 30.1 Å². The highest BCUT2D eigenvalue weighted by Crippen LogP contribution is 2.21. The van der Waals surface area contributed by atoms with Crippen LogP contribution in [0.15, 0.2) is 30.5 Å². The first-order chi connectivity index (χ1) is 18.5. The van der Waals surface area contributed by atoms with Gasteiger partial charge in [-0.1, -0.05) is 18.2 Å². The van der Waals surface area contributed by atoms with Crippen LogP contribution in [-0.4, -0.2) is 86.4 Å². The fourth-order valence-corrected chi connectivity index (χ4v) is 4.60. The second kappa shape index (κ2) is 12.9. The molecule has 4 amide bonds. The molecular weight excluding hydrogens is 512 g/mol. The Morgan fingerprint density at radius 1 is 1.08 bits per heavy atom. The Hall–Kier alpha value is -4.46. The number of aromatic amines is 1. The SMILES string of the molecule is NC(=O)CCC(NC(=O)C1CCCN1C(=O)C(CC(=O)O)NC(=O)C(N)Cc1c[nH]c2ccccc12)C(=O)O. The molecule has 0 bridgehead atoms. The number of H-pyrrole nitrogens is 1. The van der Waals surface area contributed by atoms with Crippen molar-refractivity contribution in [3.05, 3.63) is 36.0 Å². The van der Waals surface area contributed by atoms with E-state index in [1.54, 1.807) is 6.20 Å². The molecular formula is C25H32N6O8. The van der Waals surface area contributed by atoms with E-state index in [2.05, 4.69) is 15.6 Å². The summed E-state index contributed by atoms with van der Waals surface area (Å²) in [5.41, 5.74) is 12.8. The lowest BCUT2D eigenvalue weighted by molar-refractivity contribution is -0.147. The number of likely N-dealkylation sites (tertiary alicyclic amines) is 1. The van der Waals surface area contributed by atoms with E-state index < -0.39 is 66.2 Å². The number of para-hydroxylation sites is 1.